The minimum atomic E-state index is -0.100. The maximum absolute atomic E-state index is 5.54. The lowest BCUT2D eigenvalue weighted by Crippen LogP contribution is -2.17. The summed E-state index contributed by atoms with van der Waals surface area (Å²) in [5.74, 6) is 0. The van der Waals surface area contributed by atoms with Crippen LogP contribution < -0.4 is 4.90 Å². The molecule has 0 saturated carbocycles. The normalized spacial score (nSPS) is 12.1. The van der Waals surface area contributed by atoms with E-state index in [-0.39, 0.29) is 10.8 Å². The molecule has 0 N–H and O–H groups in total. The molecule has 268 valence electrons. The molecule has 0 spiro atoms. The Kier molecular flexibility index (Phi) is 8.93. The number of rotatable bonds is 7. The average Bonchev–Trinajstić information content (AvgIpc) is 3.56. The summed E-state index contributed by atoms with van der Waals surface area (Å²) in [7, 11) is 0. The van der Waals surface area contributed by atoms with Crippen LogP contribution in [0.5, 0.6) is 0 Å². The van der Waals surface area contributed by atoms with Gasteiger partial charge in [0.1, 0.15) is 0 Å². The van der Waals surface area contributed by atoms with Crippen molar-refractivity contribution in [3.05, 3.63) is 168 Å². The first-order valence-electron chi connectivity index (χ1n) is 19.1. The zero-order chi connectivity index (χ0) is 37.6. The zero-order valence-electron chi connectivity index (χ0n) is 32.4. The van der Waals surface area contributed by atoms with Gasteiger partial charge in [0.05, 0.1) is 27.9 Å². The second kappa shape index (κ2) is 13.8. The first-order valence-corrected chi connectivity index (χ1v) is 19.1. The van der Waals surface area contributed by atoms with Crippen LogP contribution in [0.3, 0.4) is 0 Å². The topological polar surface area (TPSA) is 34.0 Å². The second-order valence-electron chi connectivity index (χ2n) is 16.3. The average molecular weight is 705 g/mol. The molecule has 6 aromatic carbocycles. The maximum Gasteiger partial charge on any atom is 0.0973 e. The Morgan fingerprint density at radius 1 is 0.500 bits per heavy atom. The van der Waals surface area contributed by atoms with Crippen molar-refractivity contribution in [2.45, 2.75) is 65.7 Å². The molecule has 4 heteroatoms. The summed E-state index contributed by atoms with van der Waals surface area (Å²) in [6.07, 6.45) is 0.960. The quantitative estimate of drug-likeness (QED) is 0.166. The van der Waals surface area contributed by atoms with Gasteiger partial charge in [0, 0.05) is 45.0 Å². The first kappa shape index (κ1) is 35.1. The van der Waals surface area contributed by atoms with Gasteiger partial charge in [-0.15, -0.1) is 0 Å². The van der Waals surface area contributed by atoms with Crippen molar-refractivity contribution in [3.8, 4) is 28.2 Å². The third-order valence-electron chi connectivity index (χ3n) is 10.4. The molecule has 0 aliphatic rings. The molecule has 0 radical (unpaired) electrons. The zero-order valence-corrected chi connectivity index (χ0v) is 32.4. The molecule has 4 nitrogen and oxygen atoms in total. The molecule has 2 aromatic heterocycles. The molecule has 2 heterocycles. The molecular weight excluding hydrogens is 657 g/mol. The van der Waals surface area contributed by atoms with Crippen LogP contribution in [0.15, 0.2) is 152 Å². The highest BCUT2D eigenvalue weighted by Gasteiger charge is 2.27. The number of fused-ring (bicyclic) bond motifs is 2. The highest BCUT2D eigenvalue weighted by atomic mass is 15.1. The number of anilines is 3. The lowest BCUT2D eigenvalue weighted by Gasteiger charge is -2.27. The standard InChI is InChI=1S/C50H48N4/c1-8-37-33-36-19-15-16-22-44(36)54(37)41-29-27-40(28-30-41)53(38-20-13-10-14-21-38)39-25-23-35(24-26-39)46-45(34-17-11-9-12-18-34)51-47-42(49(2,3)4)31-32-43(48(47)52-46)50(5,6)7/h9-33H,8H2,1-7H3. The minimum Gasteiger partial charge on any atom is -0.314 e. The van der Waals surface area contributed by atoms with Gasteiger partial charge in [0.25, 0.3) is 0 Å². The fourth-order valence-corrected chi connectivity index (χ4v) is 7.66. The Balaban J connectivity index is 1.26. The van der Waals surface area contributed by atoms with Gasteiger partial charge in [-0.2, -0.15) is 0 Å². The van der Waals surface area contributed by atoms with Crippen LogP contribution in [0, 0.1) is 0 Å². The molecule has 0 aliphatic carbocycles. The number of aryl methyl sites for hydroxylation is 1. The van der Waals surface area contributed by atoms with Gasteiger partial charge in [-0.3, -0.25) is 0 Å². The molecule has 8 rings (SSSR count). The highest BCUT2D eigenvalue weighted by molar-refractivity contribution is 5.91. The van der Waals surface area contributed by atoms with E-state index in [2.05, 4.69) is 210 Å². The summed E-state index contributed by atoms with van der Waals surface area (Å²) >= 11 is 0. The molecule has 0 amide bonds. The van der Waals surface area contributed by atoms with Crippen LogP contribution in [-0.2, 0) is 17.3 Å². The third kappa shape index (κ3) is 6.47. The van der Waals surface area contributed by atoms with E-state index in [0.29, 0.717) is 0 Å². The van der Waals surface area contributed by atoms with Crippen molar-refractivity contribution in [2.24, 2.45) is 0 Å². The highest BCUT2D eigenvalue weighted by Crippen LogP contribution is 2.41. The van der Waals surface area contributed by atoms with Crippen molar-refractivity contribution in [1.29, 1.82) is 0 Å². The lowest BCUT2D eigenvalue weighted by atomic mass is 9.80. The Hall–Kier alpha value is -6.00. The molecule has 0 saturated heterocycles. The fraction of sp³-hybridized carbons (Fsp3) is 0.200. The smallest absolute Gasteiger partial charge is 0.0973 e. The molecule has 0 bridgehead atoms. The number of hydrogen-bond donors (Lipinski definition) is 0. The predicted molar refractivity (Wildman–Crippen MR) is 229 cm³/mol. The van der Waals surface area contributed by atoms with E-state index in [1.807, 2.05) is 0 Å². The van der Waals surface area contributed by atoms with Crippen molar-refractivity contribution in [3.63, 3.8) is 0 Å². The number of hydrogen-bond acceptors (Lipinski definition) is 3. The second-order valence-corrected chi connectivity index (χ2v) is 16.3. The summed E-state index contributed by atoms with van der Waals surface area (Å²) in [5, 5.41) is 1.26. The van der Waals surface area contributed by atoms with Crippen molar-refractivity contribution in [1.82, 2.24) is 14.5 Å². The van der Waals surface area contributed by atoms with Gasteiger partial charge in [0.2, 0.25) is 0 Å². The van der Waals surface area contributed by atoms with Gasteiger partial charge < -0.3 is 9.47 Å². The van der Waals surface area contributed by atoms with Crippen LogP contribution in [0.1, 0.15) is 65.3 Å². The van der Waals surface area contributed by atoms with E-state index in [1.165, 1.54) is 27.7 Å². The van der Waals surface area contributed by atoms with Gasteiger partial charge in [-0.25, -0.2) is 9.97 Å². The molecule has 54 heavy (non-hydrogen) atoms. The molecule has 0 atom stereocenters. The minimum absolute atomic E-state index is 0.0898. The molecule has 8 aromatic rings. The SMILES string of the molecule is CCc1cc2ccccc2n1-c1ccc(N(c2ccccc2)c2ccc(-c3nc4c(C(C)(C)C)ccc(C(C)(C)C)c4nc3-c3ccccc3)cc2)cc1. The Bertz CT molecular complexity index is 2570. The monoisotopic (exact) mass is 704 g/mol. The third-order valence-corrected chi connectivity index (χ3v) is 10.4. The summed E-state index contributed by atoms with van der Waals surface area (Å²) in [6, 6.07) is 54.3. The number of aromatic nitrogens is 3. The van der Waals surface area contributed by atoms with Crippen LogP contribution >= 0.6 is 0 Å². The summed E-state index contributed by atoms with van der Waals surface area (Å²) in [5.41, 5.74) is 15.0. The van der Waals surface area contributed by atoms with Crippen LogP contribution in [0.2, 0.25) is 0 Å². The van der Waals surface area contributed by atoms with Gasteiger partial charge >= 0.3 is 0 Å². The maximum atomic E-state index is 5.54. The fourth-order valence-electron chi connectivity index (χ4n) is 7.66. The summed E-state index contributed by atoms with van der Waals surface area (Å²) < 4.78 is 2.38. The number of para-hydroxylation sites is 2. The molecule has 0 fully saturated rings. The Labute approximate surface area is 319 Å². The van der Waals surface area contributed by atoms with E-state index < -0.39 is 0 Å². The first-order chi connectivity index (χ1) is 26.0. The van der Waals surface area contributed by atoms with E-state index >= 15 is 0 Å². The lowest BCUT2D eigenvalue weighted by molar-refractivity contribution is 0.583. The van der Waals surface area contributed by atoms with Crippen LogP contribution in [0.25, 0.3) is 50.1 Å². The van der Waals surface area contributed by atoms with Gasteiger partial charge in [0.15, 0.2) is 0 Å². The van der Waals surface area contributed by atoms with E-state index in [1.54, 1.807) is 0 Å². The van der Waals surface area contributed by atoms with Crippen molar-refractivity contribution >= 4 is 39.0 Å². The number of benzene rings is 6. The van der Waals surface area contributed by atoms with Crippen LogP contribution in [0.4, 0.5) is 17.1 Å². The van der Waals surface area contributed by atoms with Gasteiger partial charge in [-0.1, -0.05) is 139 Å². The van der Waals surface area contributed by atoms with E-state index in [0.717, 1.165) is 62.7 Å². The van der Waals surface area contributed by atoms with E-state index in [9.17, 15) is 0 Å². The van der Waals surface area contributed by atoms with E-state index in [4.69, 9.17) is 9.97 Å². The summed E-state index contributed by atoms with van der Waals surface area (Å²) in [6.45, 7) is 15.8. The molecule has 0 unspecified atom stereocenters. The largest absolute Gasteiger partial charge is 0.314 e. The van der Waals surface area contributed by atoms with Crippen molar-refractivity contribution < 1.29 is 0 Å². The van der Waals surface area contributed by atoms with Crippen molar-refractivity contribution in [2.75, 3.05) is 4.90 Å². The molecular formula is C50H48N4. The predicted octanol–water partition coefficient (Wildman–Crippen LogP) is 13.5. The Morgan fingerprint density at radius 3 is 1.50 bits per heavy atom. The molecule has 0 aliphatic heterocycles. The number of nitrogens with zero attached hydrogens (tertiary/aromatic N) is 4. The van der Waals surface area contributed by atoms with Gasteiger partial charge in [-0.05, 0) is 89.0 Å². The van der Waals surface area contributed by atoms with Crippen LogP contribution in [-0.4, -0.2) is 14.5 Å². The Morgan fingerprint density at radius 2 is 0.963 bits per heavy atom. The summed E-state index contributed by atoms with van der Waals surface area (Å²) in [4.78, 5) is 13.4.